The first-order valence-corrected chi connectivity index (χ1v) is 6.43. The molecule has 0 atom stereocenters. The zero-order chi connectivity index (χ0) is 11.5. The molecule has 0 heterocycles. The van der Waals surface area contributed by atoms with Gasteiger partial charge in [0.15, 0.2) is 0 Å². The minimum atomic E-state index is 0. The molecule has 0 aromatic rings. The van der Waals surface area contributed by atoms with E-state index in [1.54, 1.807) is 0 Å². The zero-order valence-electron chi connectivity index (χ0n) is 12.2. The first-order valence-electron chi connectivity index (χ1n) is 6.43. The van der Waals surface area contributed by atoms with Gasteiger partial charge in [-0.2, -0.15) is 0 Å². The van der Waals surface area contributed by atoms with Gasteiger partial charge in [-0.25, -0.2) is 0 Å². The van der Waals surface area contributed by atoms with Gasteiger partial charge in [0.25, 0.3) is 0 Å². The van der Waals surface area contributed by atoms with Gasteiger partial charge in [0.05, 0.1) is 0 Å². The Labute approximate surface area is 145 Å². The van der Waals surface area contributed by atoms with E-state index in [9.17, 15) is 0 Å². The highest BCUT2D eigenvalue weighted by atomic mass is 79.9. The molecule has 0 saturated carbocycles. The highest BCUT2D eigenvalue weighted by Gasteiger charge is 1.99. The molecular weight excluding hydrogens is 426 g/mol. The van der Waals surface area contributed by atoms with Crippen LogP contribution < -0.4 is 56.3 Å². The lowest BCUT2D eigenvalue weighted by molar-refractivity contribution is -0.00100. The van der Waals surface area contributed by atoms with Gasteiger partial charge in [0.1, 0.15) is 0 Å². The molecule has 0 amide bonds. The molecule has 0 aliphatic heterocycles. The van der Waals surface area contributed by atoms with Crippen LogP contribution in [0.4, 0.5) is 0 Å². The molecule has 6 heteroatoms. The second-order valence-corrected chi connectivity index (χ2v) is 3.80. The van der Waals surface area contributed by atoms with E-state index in [-0.39, 0.29) is 50.9 Å². The van der Waals surface area contributed by atoms with Crippen LogP contribution in [0.2, 0.25) is 0 Å². The average Bonchev–Trinajstić information content (AvgIpc) is 2.29. The molecule has 0 fully saturated rings. The molecule has 0 aromatic heterocycles. The van der Waals surface area contributed by atoms with Crippen molar-refractivity contribution in [3.8, 4) is 0 Å². The van der Waals surface area contributed by atoms with Crippen LogP contribution >= 0.6 is 0 Å². The monoisotopic (exact) mass is 452 g/mol. The van der Waals surface area contributed by atoms with E-state index in [1.165, 1.54) is 13.1 Å². The fraction of sp³-hybridized carbons (Fsp3) is 1.00. The molecule has 116 valence electrons. The maximum atomic E-state index is 3.50. The van der Waals surface area contributed by atoms with E-state index in [0.29, 0.717) is 0 Å². The molecule has 0 saturated heterocycles. The van der Waals surface area contributed by atoms with E-state index >= 15 is 0 Å². The van der Waals surface area contributed by atoms with Crippen molar-refractivity contribution < 1.29 is 50.9 Å². The molecule has 0 spiro atoms. The van der Waals surface area contributed by atoms with Gasteiger partial charge < -0.3 is 66.1 Å². The third kappa shape index (κ3) is 15.4. The van der Waals surface area contributed by atoms with Gasteiger partial charge in [-0.3, -0.25) is 0 Å². The van der Waals surface area contributed by atoms with Crippen molar-refractivity contribution in [2.24, 2.45) is 0 Å². The summed E-state index contributed by atoms with van der Waals surface area (Å²) in [5.41, 5.74) is 0. The Morgan fingerprint density at radius 3 is 1.11 bits per heavy atom. The Morgan fingerprint density at radius 1 is 0.611 bits per heavy atom. The Hall–Kier alpha value is 1.32. The second-order valence-electron chi connectivity index (χ2n) is 3.80. The summed E-state index contributed by atoms with van der Waals surface area (Å²) in [4.78, 5) is 4.90. The molecule has 3 nitrogen and oxygen atoms in total. The van der Waals surface area contributed by atoms with Gasteiger partial charge in [-0.1, -0.05) is 27.7 Å². The molecule has 1 N–H and O–H groups in total. The molecule has 0 bridgehead atoms. The van der Waals surface area contributed by atoms with Crippen molar-refractivity contribution in [3.05, 3.63) is 0 Å². The number of hydrogen-bond acceptors (Lipinski definition) is 3. The van der Waals surface area contributed by atoms with Gasteiger partial charge in [0.2, 0.25) is 0 Å². The first-order chi connectivity index (χ1) is 7.28. The summed E-state index contributed by atoms with van der Waals surface area (Å²) in [6, 6.07) is 0. The average molecular weight is 455 g/mol. The van der Waals surface area contributed by atoms with Crippen molar-refractivity contribution in [3.63, 3.8) is 0 Å². The van der Waals surface area contributed by atoms with Crippen LogP contribution in [0.15, 0.2) is 0 Å². The van der Waals surface area contributed by atoms with Crippen molar-refractivity contribution in [1.29, 1.82) is 0 Å². The SMILES string of the molecule is CCN(CC)CCNCCN(CC)CC.[Br-].[Br-].[Br-]. The topological polar surface area (TPSA) is 18.5 Å². The summed E-state index contributed by atoms with van der Waals surface area (Å²) in [6.45, 7) is 18.1. The third-order valence-electron chi connectivity index (χ3n) is 3.00. The summed E-state index contributed by atoms with van der Waals surface area (Å²) in [5, 5.41) is 3.50. The van der Waals surface area contributed by atoms with E-state index < -0.39 is 0 Å². The molecule has 18 heavy (non-hydrogen) atoms. The van der Waals surface area contributed by atoms with Crippen molar-refractivity contribution in [1.82, 2.24) is 15.1 Å². The maximum absolute atomic E-state index is 3.50. The predicted octanol–water partition coefficient (Wildman–Crippen LogP) is -7.73. The normalized spacial score (nSPS) is 9.67. The van der Waals surface area contributed by atoms with Gasteiger partial charge >= 0.3 is 0 Å². The fourth-order valence-electron chi connectivity index (χ4n) is 1.68. The smallest absolute Gasteiger partial charge is 0.0107 e. The number of rotatable bonds is 10. The molecule has 0 unspecified atom stereocenters. The van der Waals surface area contributed by atoms with Crippen LogP contribution in [-0.2, 0) is 0 Å². The predicted molar refractivity (Wildman–Crippen MR) is 68.4 cm³/mol. The summed E-state index contributed by atoms with van der Waals surface area (Å²) in [7, 11) is 0. The summed E-state index contributed by atoms with van der Waals surface area (Å²) in [5.74, 6) is 0. The number of nitrogens with one attached hydrogen (secondary N) is 1. The first kappa shape index (κ1) is 27.6. The number of likely N-dealkylation sites (N-methyl/N-ethyl adjacent to an activating group) is 2. The third-order valence-corrected chi connectivity index (χ3v) is 3.00. The zero-order valence-corrected chi connectivity index (χ0v) is 16.9. The molecule has 0 radical (unpaired) electrons. The van der Waals surface area contributed by atoms with Crippen molar-refractivity contribution >= 4 is 0 Å². The number of hydrogen-bond donors (Lipinski definition) is 1. The maximum Gasteiger partial charge on any atom is 0.0107 e. The molecular formula is C12H29Br3N3-3. The Morgan fingerprint density at radius 2 is 0.889 bits per heavy atom. The van der Waals surface area contributed by atoms with Crippen LogP contribution in [0.25, 0.3) is 0 Å². The van der Waals surface area contributed by atoms with Crippen LogP contribution in [0.5, 0.6) is 0 Å². The second kappa shape index (κ2) is 20.6. The van der Waals surface area contributed by atoms with E-state index in [4.69, 9.17) is 0 Å². The summed E-state index contributed by atoms with van der Waals surface area (Å²) < 4.78 is 0. The van der Waals surface area contributed by atoms with Crippen LogP contribution in [-0.4, -0.2) is 62.2 Å². The minimum absolute atomic E-state index is 0. The fourth-order valence-corrected chi connectivity index (χ4v) is 1.68. The van der Waals surface area contributed by atoms with Gasteiger partial charge in [0, 0.05) is 26.2 Å². The highest BCUT2D eigenvalue weighted by Crippen LogP contribution is 1.86. The quantitative estimate of drug-likeness (QED) is 0.331. The lowest BCUT2D eigenvalue weighted by Crippen LogP contribution is -3.00. The van der Waals surface area contributed by atoms with Crippen LogP contribution in [0.1, 0.15) is 27.7 Å². The Bertz CT molecular complexity index is 118. The number of nitrogens with zero attached hydrogens (tertiary/aromatic N) is 2. The van der Waals surface area contributed by atoms with Crippen molar-refractivity contribution in [2.75, 3.05) is 52.4 Å². The van der Waals surface area contributed by atoms with E-state index in [2.05, 4.69) is 42.8 Å². The molecule has 0 aliphatic rings. The molecule has 0 aromatic carbocycles. The van der Waals surface area contributed by atoms with Gasteiger partial charge in [-0.15, -0.1) is 0 Å². The van der Waals surface area contributed by atoms with Crippen LogP contribution in [0.3, 0.4) is 0 Å². The number of halogens is 3. The summed E-state index contributed by atoms with van der Waals surface area (Å²) in [6.07, 6.45) is 0. The highest BCUT2D eigenvalue weighted by molar-refractivity contribution is 4.58. The standard InChI is InChI=1S/C12H29N3.3BrH/c1-5-14(6-2)11-9-13-10-12-15(7-3)8-4;;;/h13H,5-12H2,1-4H3;3*1H/p-3. The lowest BCUT2D eigenvalue weighted by Gasteiger charge is -2.20. The van der Waals surface area contributed by atoms with Crippen molar-refractivity contribution in [2.45, 2.75) is 27.7 Å². The summed E-state index contributed by atoms with van der Waals surface area (Å²) >= 11 is 0. The Kier molecular flexibility index (Phi) is 31.7. The van der Waals surface area contributed by atoms with Crippen LogP contribution in [0, 0.1) is 0 Å². The van der Waals surface area contributed by atoms with E-state index in [1.807, 2.05) is 0 Å². The molecule has 0 aliphatic carbocycles. The Balaban J connectivity index is -0.000000327. The largest absolute Gasteiger partial charge is 1.00 e. The van der Waals surface area contributed by atoms with Gasteiger partial charge in [-0.05, 0) is 26.2 Å². The molecule has 0 rings (SSSR count). The lowest BCUT2D eigenvalue weighted by atomic mass is 10.4. The van der Waals surface area contributed by atoms with E-state index in [0.717, 1.165) is 39.3 Å². The minimum Gasteiger partial charge on any atom is -1.00 e.